The van der Waals surface area contributed by atoms with E-state index in [4.69, 9.17) is 4.98 Å². The van der Waals surface area contributed by atoms with Crippen LogP contribution in [0, 0.1) is 5.92 Å². The fraction of sp³-hybridized carbons (Fsp3) is 0.812. The van der Waals surface area contributed by atoms with E-state index in [9.17, 15) is 0 Å². The van der Waals surface area contributed by atoms with Crippen molar-refractivity contribution in [1.82, 2.24) is 10.3 Å². The van der Waals surface area contributed by atoms with Gasteiger partial charge in [0.15, 0.2) is 0 Å². The molecular weight excluding hydrogens is 252 g/mol. The number of aromatic nitrogens is 1. The molecule has 0 saturated carbocycles. The normalized spacial score (nSPS) is 15.8. The summed E-state index contributed by atoms with van der Waals surface area (Å²) in [6.07, 6.45) is 2.48. The van der Waals surface area contributed by atoms with E-state index >= 15 is 0 Å². The van der Waals surface area contributed by atoms with Gasteiger partial charge in [-0.15, -0.1) is 11.3 Å². The molecule has 2 unspecified atom stereocenters. The summed E-state index contributed by atoms with van der Waals surface area (Å²) in [7, 11) is 0. The van der Waals surface area contributed by atoms with Gasteiger partial charge in [0.25, 0.3) is 0 Å². The van der Waals surface area contributed by atoms with Gasteiger partial charge in [0.1, 0.15) is 5.01 Å². The second-order valence-electron chi connectivity index (χ2n) is 6.89. The Morgan fingerprint density at radius 2 is 1.89 bits per heavy atom. The van der Waals surface area contributed by atoms with Crippen molar-refractivity contribution in [3.05, 3.63) is 16.1 Å². The molecule has 1 heterocycles. The predicted octanol–water partition coefficient (Wildman–Crippen LogP) is 4.92. The molecule has 0 bridgehead atoms. The van der Waals surface area contributed by atoms with Gasteiger partial charge in [0.2, 0.25) is 0 Å². The molecule has 2 atom stereocenters. The number of hydrogen-bond acceptors (Lipinski definition) is 3. The van der Waals surface area contributed by atoms with E-state index < -0.39 is 0 Å². The minimum Gasteiger partial charge on any atom is -0.305 e. The molecule has 0 saturated heterocycles. The van der Waals surface area contributed by atoms with Crippen LogP contribution in [0.25, 0.3) is 0 Å². The third-order valence-corrected chi connectivity index (χ3v) is 4.31. The van der Waals surface area contributed by atoms with Crippen molar-refractivity contribution in [1.29, 1.82) is 0 Å². The van der Waals surface area contributed by atoms with E-state index in [1.54, 1.807) is 0 Å². The first-order chi connectivity index (χ1) is 8.75. The topological polar surface area (TPSA) is 24.9 Å². The third-order valence-electron chi connectivity index (χ3n) is 3.38. The highest BCUT2D eigenvalue weighted by Crippen LogP contribution is 2.31. The van der Waals surface area contributed by atoms with Crippen LogP contribution in [0.15, 0.2) is 5.38 Å². The lowest BCUT2D eigenvalue weighted by atomic mass is 9.93. The van der Waals surface area contributed by atoms with Crippen LogP contribution in [0.4, 0.5) is 0 Å². The Kier molecular flexibility index (Phi) is 6.00. The molecular formula is C16H30N2S. The van der Waals surface area contributed by atoms with Crippen LogP contribution in [0.5, 0.6) is 0 Å². The number of hydrogen-bond donors (Lipinski definition) is 1. The Hall–Kier alpha value is -0.410. The lowest BCUT2D eigenvalue weighted by Gasteiger charge is -2.25. The van der Waals surface area contributed by atoms with Crippen LogP contribution < -0.4 is 5.32 Å². The molecule has 19 heavy (non-hydrogen) atoms. The maximum Gasteiger partial charge on any atom is 0.110 e. The summed E-state index contributed by atoms with van der Waals surface area (Å²) in [6.45, 7) is 15.7. The first kappa shape index (κ1) is 16.6. The zero-order valence-electron chi connectivity index (χ0n) is 13.6. The predicted molar refractivity (Wildman–Crippen MR) is 85.9 cm³/mol. The van der Waals surface area contributed by atoms with E-state index in [0.29, 0.717) is 18.0 Å². The highest BCUT2D eigenvalue weighted by atomic mass is 32.1. The van der Waals surface area contributed by atoms with Crippen molar-refractivity contribution in [2.24, 2.45) is 5.92 Å². The maximum atomic E-state index is 4.89. The van der Waals surface area contributed by atoms with E-state index in [1.165, 1.54) is 23.5 Å². The van der Waals surface area contributed by atoms with E-state index in [1.807, 2.05) is 11.3 Å². The van der Waals surface area contributed by atoms with Gasteiger partial charge in [0, 0.05) is 16.8 Å². The summed E-state index contributed by atoms with van der Waals surface area (Å²) in [5.74, 6) is 0.631. The molecule has 1 aromatic heterocycles. The molecule has 0 radical (unpaired) electrons. The summed E-state index contributed by atoms with van der Waals surface area (Å²) in [6, 6.07) is 0.882. The average molecular weight is 282 g/mol. The molecule has 1 aromatic rings. The smallest absolute Gasteiger partial charge is 0.110 e. The van der Waals surface area contributed by atoms with Gasteiger partial charge < -0.3 is 5.32 Å². The fourth-order valence-corrected chi connectivity index (χ4v) is 3.47. The summed E-state index contributed by atoms with van der Waals surface area (Å²) < 4.78 is 0. The minimum absolute atomic E-state index is 0.144. The summed E-state index contributed by atoms with van der Waals surface area (Å²) in [5.41, 5.74) is 1.36. The number of nitrogens with one attached hydrogen (secondary N) is 1. The molecule has 110 valence electrons. The Balaban J connectivity index is 2.94. The molecule has 0 aliphatic carbocycles. The summed E-state index contributed by atoms with van der Waals surface area (Å²) in [5, 5.41) is 7.17. The largest absolute Gasteiger partial charge is 0.305 e. The SMILES string of the molecule is CCCC(C)C(NC(C)C)c1nc(C(C)(C)C)cs1. The molecule has 0 aliphatic rings. The first-order valence-electron chi connectivity index (χ1n) is 7.47. The minimum atomic E-state index is 0.144. The molecule has 0 aliphatic heterocycles. The van der Waals surface area contributed by atoms with Crippen molar-refractivity contribution >= 4 is 11.3 Å². The molecule has 0 fully saturated rings. The lowest BCUT2D eigenvalue weighted by molar-refractivity contribution is 0.338. The maximum absolute atomic E-state index is 4.89. The number of thiazole rings is 1. The molecule has 1 rings (SSSR count). The van der Waals surface area contributed by atoms with E-state index in [2.05, 4.69) is 59.2 Å². The van der Waals surface area contributed by atoms with Gasteiger partial charge in [0.05, 0.1) is 11.7 Å². The highest BCUT2D eigenvalue weighted by Gasteiger charge is 2.25. The van der Waals surface area contributed by atoms with Crippen LogP contribution in [-0.4, -0.2) is 11.0 Å². The molecule has 1 N–H and O–H groups in total. The van der Waals surface area contributed by atoms with E-state index in [-0.39, 0.29) is 5.41 Å². The van der Waals surface area contributed by atoms with Crippen LogP contribution in [0.1, 0.15) is 78.1 Å². The highest BCUT2D eigenvalue weighted by molar-refractivity contribution is 7.09. The Labute approximate surface area is 123 Å². The van der Waals surface area contributed by atoms with Crippen molar-refractivity contribution < 1.29 is 0 Å². The summed E-state index contributed by atoms with van der Waals surface area (Å²) >= 11 is 1.81. The molecule has 2 nitrogen and oxygen atoms in total. The molecule has 0 aromatic carbocycles. The second-order valence-corrected chi connectivity index (χ2v) is 7.78. The van der Waals surface area contributed by atoms with Crippen molar-refractivity contribution in [3.8, 4) is 0 Å². The van der Waals surface area contributed by atoms with Gasteiger partial charge >= 0.3 is 0 Å². The zero-order chi connectivity index (χ0) is 14.6. The lowest BCUT2D eigenvalue weighted by Crippen LogP contribution is -2.32. The standard InChI is InChI=1S/C16H30N2S/c1-8-9-12(4)14(17-11(2)3)15-18-13(10-19-15)16(5,6)7/h10-12,14,17H,8-9H2,1-7H3. The van der Waals surface area contributed by atoms with Crippen molar-refractivity contribution in [2.75, 3.05) is 0 Å². The Morgan fingerprint density at radius 1 is 1.26 bits per heavy atom. The quantitative estimate of drug-likeness (QED) is 0.801. The van der Waals surface area contributed by atoms with E-state index in [0.717, 1.165) is 0 Å². The van der Waals surface area contributed by atoms with Gasteiger partial charge in [-0.1, -0.05) is 54.9 Å². The third kappa shape index (κ3) is 4.88. The van der Waals surface area contributed by atoms with Crippen LogP contribution >= 0.6 is 11.3 Å². The monoisotopic (exact) mass is 282 g/mol. The van der Waals surface area contributed by atoms with Gasteiger partial charge in [-0.05, 0) is 12.3 Å². The van der Waals surface area contributed by atoms with Crippen LogP contribution in [0.2, 0.25) is 0 Å². The van der Waals surface area contributed by atoms with Crippen molar-refractivity contribution in [2.45, 2.75) is 78.8 Å². The fourth-order valence-electron chi connectivity index (χ4n) is 2.24. The number of rotatable bonds is 6. The van der Waals surface area contributed by atoms with Crippen LogP contribution in [-0.2, 0) is 5.41 Å². The van der Waals surface area contributed by atoms with Gasteiger partial charge in [-0.2, -0.15) is 0 Å². The Morgan fingerprint density at radius 3 is 2.32 bits per heavy atom. The Bertz CT molecular complexity index is 376. The van der Waals surface area contributed by atoms with Crippen LogP contribution in [0.3, 0.4) is 0 Å². The number of nitrogens with zero attached hydrogens (tertiary/aromatic N) is 1. The summed E-state index contributed by atoms with van der Waals surface area (Å²) in [4.78, 5) is 4.89. The molecule has 0 amide bonds. The molecule has 3 heteroatoms. The molecule has 0 spiro atoms. The van der Waals surface area contributed by atoms with Gasteiger partial charge in [-0.25, -0.2) is 4.98 Å². The van der Waals surface area contributed by atoms with Crippen molar-refractivity contribution in [3.63, 3.8) is 0 Å². The average Bonchev–Trinajstić information content (AvgIpc) is 2.74. The first-order valence-corrected chi connectivity index (χ1v) is 8.35. The van der Waals surface area contributed by atoms with Gasteiger partial charge in [-0.3, -0.25) is 0 Å². The second kappa shape index (κ2) is 6.85. The zero-order valence-corrected chi connectivity index (χ0v) is 14.4.